The van der Waals surface area contributed by atoms with Gasteiger partial charge in [-0.2, -0.15) is 0 Å². The first kappa shape index (κ1) is 19.2. The first-order chi connectivity index (χ1) is 14.2. The molecule has 2 atom stereocenters. The highest BCUT2D eigenvalue weighted by Gasteiger charge is 2.44. The fourth-order valence-electron chi connectivity index (χ4n) is 3.92. The molecule has 2 aliphatic heterocycles. The normalized spacial score (nSPS) is 20.5. The summed E-state index contributed by atoms with van der Waals surface area (Å²) in [7, 11) is 1.65. The van der Waals surface area contributed by atoms with Crippen LogP contribution in [0.2, 0.25) is 0 Å². The summed E-state index contributed by atoms with van der Waals surface area (Å²) in [6, 6.07) is 15.9. The van der Waals surface area contributed by atoms with Crippen LogP contribution in [0.15, 0.2) is 66.9 Å². The van der Waals surface area contributed by atoms with E-state index in [1.54, 1.807) is 14.0 Å². The topological polar surface area (TPSA) is 60.0 Å². The summed E-state index contributed by atoms with van der Waals surface area (Å²) in [4.78, 5) is 20.6. The first-order valence-corrected chi connectivity index (χ1v) is 9.61. The van der Waals surface area contributed by atoms with Crippen molar-refractivity contribution in [2.24, 2.45) is 0 Å². The Morgan fingerprint density at radius 3 is 2.69 bits per heavy atom. The molecule has 0 spiro atoms. The van der Waals surface area contributed by atoms with E-state index in [1.807, 2.05) is 48.5 Å². The first-order valence-electron chi connectivity index (χ1n) is 9.61. The van der Waals surface area contributed by atoms with Crippen LogP contribution in [0.4, 0.5) is 0 Å². The van der Waals surface area contributed by atoms with E-state index < -0.39 is 12.2 Å². The van der Waals surface area contributed by atoms with Gasteiger partial charge >= 0.3 is 5.97 Å². The average Bonchev–Trinajstić information content (AvgIpc) is 3.20. The standard InChI is InChI=1S/C23H24N2O4/c1-4-19-17-8-6-7-9-18(17)20-21(23(26)28-5-2)24-29-22(20)25(19)14-15-10-12-16(27-3)13-11-15/h4,6-13,19,22,24H,1,5,14H2,2-3H3. The van der Waals surface area contributed by atoms with Crippen molar-refractivity contribution >= 4 is 11.5 Å². The third-order valence-electron chi connectivity index (χ3n) is 5.24. The van der Waals surface area contributed by atoms with Crippen LogP contribution in [0.5, 0.6) is 5.75 Å². The van der Waals surface area contributed by atoms with Crippen molar-refractivity contribution in [2.45, 2.75) is 25.7 Å². The van der Waals surface area contributed by atoms with Crippen molar-refractivity contribution in [3.63, 3.8) is 0 Å². The number of ether oxygens (including phenoxy) is 2. The van der Waals surface area contributed by atoms with E-state index in [0.29, 0.717) is 18.8 Å². The van der Waals surface area contributed by atoms with Crippen LogP contribution in [0.25, 0.3) is 5.57 Å². The average molecular weight is 392 g/mol. The lowest BCUT2D eigenvalue weighted by Crippen LogP contribution is -2.42. The Morgan fingerprint density at radius 2 is 2.00 bits per heavy atom. The smallest absolute Gasteiger partial charge is 0.357 e. The van der Waals surface area contributed by atoms with E-state index in [-0.39, 0.29) is 6.04 Å². The maximum absolute atomic E-state index is 12.5. The molecule has 4 rings (SSSR count). The SMILES string of the molecule is C=CC1c2ccccc2C2=C(C(=O)OCC)NOC2N1Cc1ccc(OC)cc1. The monoisotopic (exact) mass is 392 g/mol. The van der Waals surface area contributed by atoms with Gasteiger partial charge < -0.3 is 9.47 Å². The van der Waals surface area contributed by atoms with Crippen LogP contribution in [-0.4, -0.2) is 30.8 Å². The van der Waals surface area contributed by atoms with Gasteiger partial charge in [-0.3, -0.25) is 15.2 Å². The van der Waals surface area contributed by atoms with Gasteiger partial charge in [0.1, 0.15) is 5.75 Å². The molecule has 2 aromatic carbocycles. The zero-order valence-electron chi connectivity index (χ0n) is 16.6. The molecule has 6 heteroatoms. The Labute approximate surface area is 170 Å². The van der Waals surface area contributed by atoms with Crippen LogP contribution in [0.1, 0.15) is 29.7 Å². The molecule has 0 radical (unpaired) electrons. The van der Waals surface area contributed by atoms with Crippen molar-refractivity contribution in [3.05, 3.63) is 83.6 Å². The van der Waals surface area contributed by atoms with Crippen molar-refractivity contribution in [1.29, 1.82) is 0 Å². The molecular weight excluding hydrogens is 368 g/mol. The van der Waals surface area contributed by atoms with E-state index in [1.165, 1.54) is 0 Å². The minimum absolute atomic E-state index is 0.0644. The van der Waals surface area contributed by atoms with E-state index in [9.17, 15) is 4.79 Å². The number of carbonyl (C=O) groups is 1. The zero-order chi connectivity index (χ0) is 20.4. The summed E-state index contributed by atoms with van der Waals surface area (Å²) in [5.74, 6) is 0.392. The molecule has 150 valence electrons. The van der Waals surface area contributed by atoms with Gasteiger partial charge in [-0.25, -0.2) is 4.79 Å². The molecule has 2 aromatic rings. The van der Waals surface area contributed by atoms with Gasteiger partial charge in [0.15, 0.2) is 11.9 Å². The van der Waals surface area contributed by atoms with Crippen LogP contribution >= 0.6 is 0 Å². The van der Waals surface area contributed by atoms with Gasteiger partial charge in [-0.05, 0) is 35.7 Å². The summed E-state index contributed by atoms with van der Waals surface area (Å²) >= 11 is 0. The molecule has 0 aromatic heterocycles. The molecule has 0 fully saturated rings. The van der Waals surface area contributed by atoms with Crippen LogP contribution < -0.4 is 10.2 Å². The minimum atomic E-state index is -0.436. The Bertz CT molecular complexity index is 952. The number of nitrogens with zero attached hydrogens (tertiary/aromatic N) is 1. The van der Waals surface area contributed by atoms with Crippen molar-refractivity contribution < 1.29 is 19.1 Å². The number of rotatable bonds is 6. The molecule has 0 aliphatic carbocycles. The maximum atomic E-state index is 12.5. The number of esters is 1. The maximum Gasteiger partial charge on any atom is 0.357 e. The van der Waals surface area contributed by atoms with Gasteiger partial charge in [0, 0.05) is 12.1 Å². The third-order valence-corrected chi connectivity index (χ3v) is 5.24. The lowest BCUT2D eigenvalue weighted by atomic mass is 9.86. The van der Waals surface area contributed by atoms with Crippen molar-refractivity contribution in [1.82, 2.24) is 10.4 Å². The quantitative estimate of drug-likeness (QED) is 0.599. The predicted molar refractivity (Wildman–Crippen MR) is 109 cm³/mol. The highest BCUT2D eigenvalue weighted by Crippen LogP contribution is 2.44. The summed E-state index contributed by atoms with van der Waals surface area (Å²) in [5.41, 5.74) is 7.12. The molecule has 0 saturated heterocycles. The molecule has 2 aliphatic rings. The molecule has 0 bridgehead atoms. The summed E-state index contributed by atoms with van der Waals surface area (Å²) in [6.07, 6.45) is 1.47. The highest BCUT2D eigenvalue weighted by atomic mass is 16.7. The Kier molecular flexibility index (Phi) is 5.38. The van der Waals surface area contributed by atoms with Gasteiger partial charge in [-0.15, -0.1) is 6.58 Å². The van der Waals surface area contributed by atoms with Crippen LogP contribution in [0, 0.1) is 0 Å². The molecule has 6 nitrogen and oxygen atoms in total. The van der Waals surface area contributed by atoms with E-state index in [0.717, 1.165) is 28.0 Å². The van der Waals surface area contributed by atoms with Gasteiger partial charge in [0.2, 0.25) is 0 Å². The summed E-state index contributed by atoms with van der Waals surface area (Å²) < 4.78 is 10.5. The number of benzene rings is 2. The minimum Gasteiger partial charge on any atom is -0.497 e. The number of hydrogen-bond acceptors (Lipinski definition) is 6. The summed E-state index contributed by atoms with van der Waals surface area (Å²) in [6.45, 7) is 6.75. The number of hydroxylamine groups is 1. The van der Waals surface area contributed by atoms with Crippen molar-refractivity contribution in [2.75, 3.05) is 13.7 Å². The molecule has 29 heavy (non-hydrogen) atoms. The second-order valence-corrected chi connectivity index (χ2v) is 6.87. The summed E-state index contributed by atoms with van der Waals surface area (Å²) in [5, 5.41) is 0. The molecule has 0 amide bonds. The molecule has 2 heterocycles. The largest absolute Gasteiger partial charge is 0.497 e. The number of fused-ring (bicyclic) bond motifs is 3. The lowest BCUT2D eigenvalue weighted by molar-refractivity contribution is -0.140. The Hall–Kier alpha value is -3.09. The van der Waals surface area contributed by atoms with E-state index in [4.69, 9.17) is 14.3 Å². The lowest BCUT2D eigenvalue weighted by Gasteiger charge is -2.40. The number of methoxy groups -OCH3 is 1. The number of nitrogens with one attached hydrogen (secondary N) is 1. The molecule has 0 saturated carbocycles. The molecule has 2 unspecified atom stereocenters. The second-order valence-electron chi connectivity index (χ2n) is 6.87. The predicted octanol–water partition coefficient (Wildman–Crippen LogP) is 3.57. The molecule has 1 N–H and O–H groups in total. The molecular formula is C23H24N2O4. The Morgan fingerprint density at radius 1 is 1.24 bits per heavy atom. The zero-order valence-corrected chi connectivity index (χ0v) is 16.6. The van der Waals surface area contributed by atoms with E-state index in [2.05, 4.69) is 23.0 Å². The van der Waals surface area contributed by atoms with Gasteiger partial charge in [0.05, 0.1) is 19.8 Å². The van der Waals surface area contributed by atoms with E-state index >= 15 is 0 Å². The van der Waals surface area contributed by atoms with Crippen molar-refractivity contribution in [3.8, 4) is 5.75 Å². The fourth-order valence-corrected chi connectivity index (χ4v) is 3.92. The second kappa shape index (κ2) is 8.11. The van der Waals surface area contributed by atoms with Gasteiger partial charge in [0.25, 0.3) is 0 Å². The van der Waals surface area contributed by atoms with Gasteiger partial charge in [-0.1, -0.05) is 42.5 Å². The number of hydrogen-bond donors (Lipinski definition) is 1. The number of carbonyl (C=O) groups excluding carboxylic acids is 1. The highest BCUT2D eigenvalue weighted by molar-refractivity contribution is 5.99. The van der Waals surface area contributed by atoms with Crippen LogP contribution in [0.3, 0.4) is 0 Å². The third kappa shape index (κ3) is 3.41. The Balaban J connectivity index is 1.78. The van der Waals surface area contributed by atoms with Crippen LogP contribution in [-0.2, 0) is 20.9 Å². The fraction of sp³-hybridized carbons (Fsp3) is 0.261.